The third-order valence-electron chi connectivity index (χ3n) is 6.28. The van der Waals surface area contributed by atoms with Gasteiger partial charge in [0.25, 0.3) is 11.6 Å². The molecule has 162 valence electrons. The predicted octanol–water partition coefficient (Wildman–Crippen LogP) is 6.13. The number of anilines is 1. The van der Waals surface area contributed by atoms with Gasteiger partial charge in [0, 0.05) is 34.9 Å². The molecule has 3 aromatic carbocycles. The van der Waals surface area contributed by atoms with Gasteiger partial charge in [-0.1, -0.05) is 67.6 Å². The van der Waals surface area contributed by atoms with Crippen LogP contribution in [0.4, 0.5) is 11.4 Å². The van der Waals surface area contributed by atoms with E-state index >= 15 is 0 Å². The number of nitro benzene ring substituents is 1. The molecule has 1 aliphatic rings. The molecule has 0 spiro atoms. The lowest BCUT2D eigenvalue weighted by molar-refractivity contribution is -0.384. The zero-order valence-electron chi connectivity index (χ0n) is 18.5. The molecule has 1 heterocycles. The number of fused-ring (bicyclic) bond motifs is 1. The fourth-order valence-electron chi connectivity index (χ4n) is 4.93. The van der Waals surface area contributed by atoms with Crippen LogP contribution in [0.5, 0.6) is 0 Å². The highest BCUT2D eigenvalue weighted by molar-refractivity contribution is 6.06. The highest BCUT2D eigenvalue weighted by Gasteiger charge is 2.47. The number of carbonyl (C=O) groups is 1. The van der Waals surface area contributed by atoms with Crippen molar-refractivity contribution in [2.24, 2.45) is 0 Å². The molecule has 1 amide bonds. The zero-order valence-corrected chi connectivity index (χ0v) is 18.5. The third-order valence-corrected chi connectivity index (χ3v) is 6.28. The fraction of sp³-hybridized carbons (Fsp3) is 0.222. The Kier molecular flexibility index (Phi) is 5.43. The molecule has 1 unspecified atom stereocenters. The van der Waals surface area contributed by atoms with E-state index in [0.29, 0.717) is 6.42 Å². The highest BCUT2D eigenvalue weighted by Crippen LogP contribution is 2.50. The average molecular weight is 427 g/mol. The zero-order chi connectivity index (χ0) is 22.9. The molecule has 0 N–H and O–H groups in total. The van der Waals surface area contributed by atoms with Gasteiger partial charge >= 0.3 is 0 Å². The number of rotatable bonds is 4. The number of non-ortho nitro benzene ring substituents is 1. The molecule has 5 nitrogen and oxygen atoms in total. The lowest BCUT2D eigenvalue weighted by atomic mass is 9.65. The summed E-state index contributed by atoms with van der Waals surface area (Å²) in [6.45, 7) is 6.29. The first-order chi connectivity index (χ1) is 15.2. The van der Waals surface area contributed by atoms with Gasteiger partial charge in [0.1, 0.15) is 0 Å². The molecule has 3 aromatic rings. The van der Waals surface area contributed by atoms with Crippen LogP contribution in [0.3, 0.4) is 0 Å². The van der Waals surface area contributed by atoms with E-state index in [1.54, 1.807) is 18.2 Å². The van der Waals surface area contributed by atoms with E-state index in [1.807, 2.05) is 77.7 Å². The number of carbonyl (C=O) groups excluding carboxylic acids is 1. The summed E-state index contributed by atoms with van der Waals surface area (Å²) in [5, 5.41) is 11.1. The van der Waals surface area contributed by atoms with Gasteiger partial charge in [0.05, 0.1) is 4.92 Å². The van der Waals surface area contributed by atoms with Crippen molar-refractivity contribution in [3.8, 4) is 0 Å². The molecule has 0 aliphatic carbocycles. The molecular weight excluding hydrogens is 400 g/mol. The van der Waals surface area contributed by atoms with Crippen LogP contribution in [0.1, 0.15) is 43.9 Å². The molecule has 0 saturated carbocycles. The van der Waals surface area contributed by atoms with Crippen molar-refractivity contribution in [1.82, 2.24) is 0 Å². The maximum Gasteiger partial charge on any atom is 0.269 e. The number of hydrogen-bond donors (Lipinski definition) is 0. The van der Waals surface area contributed by atoms with Crippen LogP contribution in [-0.4, -0.2) is 16.4 Å². The Hall–Kier alpha value is -3.73. The van der Waals surface area contributed by atoms with Crippen molar-refractivity contribution >= 4 is 23.4 Å². The lowest BCUT2D eigenvalue weighted by Gasteiger charge is -2.51. The van der Waals surface area contributed by atoms with Gasteiger partial charge in [0.2, 0.25) is 0 Å². The lowest BCUT2D eigenvalue weighted by Crippen LogP contribution is -2.55. The molecule has 1 aliphatic heterocycles. The molecular formula is C27H26N2O3. The summed E-state index contributed by atoms with van der Waals surface area (Å²) >= 11 is 0. The highest BCUT2D eigenvalue weighted by atomic mass is 16.6. The normalized spacial score (nSPS) is 19.5. The van der Waals surface area contributed by atoms with Crippen molar-refractivity contribution in [1.29, 1.82) is 0 Å². The Balaban J connectivity index is 1.77. The number of amides is 1. The summed E-state index contributed by atoms with van der Waals surface area (Å²) in [6, 6.07) is 24.5. The molecule has 4 rings (SSSR count). The van der Waals surface area contributed by atoms with E-state index in [-0.39, 0.29) is 16.5 Å². The first-order valence-electron chi connectivity index (χ1n) is 10.6. The van der Waals surface area contributed by atoms with Gasteiger partial charge in [-0.05, 0) is 49.1 Å². The quantitative estimate of drug-likeness (QED) is 0.286. The predicted molar refractivity (Wildman–Crippen MR) is 128 cm³/mol. The average Bonchev–Trinajstić information content (AvgIpc) is 2.78. The second-order valence-electron chi connectivity index (χ2n) is 9.06. The first-order valence-corrected chi connectivity index (χ1v) is 10.6. The molecule has 0 aromatic heterocycles. The SMILES string of the molecule is CC1(c2ccc([N+](=O)[O-])cc2)CC(C)(C)N(C(=O)C=Cc2ccccc2)c2ccccc21. The molecule has 32 heavy (non-hydrogen) atoms. The van der Waals surface area contributed by atoms with E-state index < -0.39 is 11.0 Å². The second-order valence-corrected chi connectivity index (χ2v) is 9.06. The van der Waals surface area contributed by atoms with Crippen LogP contribution >= 0.6 is 0 Å². The molecule has 5 heteroatoms. The minimum absolute atomic E-state index is 0.0722. The minimum Gasteiger partial charge on any atom is -0.303 e. The van der Waals surface area contributed by atoms with Crippen LogP contribution in [0, 0.1) is 10.1 Å². The van der Waals surface area contributed by atoms with Gasteiger partial charge in [-0.2, -0.15) is 0 Å². The Morgan fingerprint density at radius 3 is 2.22 bits per heavy atom. The summed E-state index contributed by atoms with van der Waals surface area (Å²) in [5.41, 5.74) is 3.08. The molecule has 0 radical (unpaired) electrons. The summed E-state index contributed by atoms with van der Waals surface area (Å²) in [4.78, 5) is 26.0. The maximum atomic E-state index is 13.4. The van der Waals surface area contributed by atoms with Gasteiger partial charge in [-0.15, -0.1) is 0 Å². The fourth-order valence-corrected chi connectivity index (χ4v) is 4.93. The largest absolute Gasteiger partial charge is 0.303 e. The third kappa shape index (κ3) is 3.82. The molecule has 1 atom stereocenters. The topological polar surface area (TPSA) is 63.5 Å². The van der Waals surface area contributed by atoms with Crippen molar-refractivity contribution in [2.45, 2.75) is 38.1 Å². The van der Waals surface area contributed by atoms with Crippen LogP contribution in [0.15, 0.2) is 84.9 Å². The van der Waals surface area contributed by atoms with Crippen molar-refractivity contribution in [2.75, 3.05) is 4.90 Å². The minimum atomic E-state index is -0.469. The smallest absolute Gasteiger partial charge is 0.269 e. The summed E-state index contributed by atoms with van der Waals surface area (Å²) in [6.07, 6.45) is 4.15. The van der Waals surface area contributed by atoms with E-state index in [9.17, 15) is 14.9 Å². The van der Waals surface area contributed by atoms with E-state index in [2.05, 4.69) is 20.8 Å². The van der Waals surface area contributed by atoms with Crippen LogP contribution in [-0.2, 0) is 10.2 Å². The summed E-state index contributed by atoms with van der Waals surface area (Å²) in [7, 11) is 0. The number of benzene rings is 3. The Bertz CT molecular complexity index is 1180. The van der Waals surface area contributed by atoms with Crippen molar-refractivity contribution in [3.05, 3.63) is 112 Å². The van der Waals surface area contributed by atoms with Crippen molar-refractivity contribution in [3.63, 3.8) is 0 Å². The Morgan fingerprint density at radius 1 is 0.938 bits per heavy atom. The van der Waals surface area contributed by atoms with Gasteiger partial charge in [0.15, 0.2) is 0 Å². The number of nitro groups is 1. The summed E-state index contributed by atoms with van der Waals surface area (Å²) in [5.74, 6) is -0.0722. The molecule has 0 bridgehead atoms. The van der Waals surface area contributed by atoms with Crippen LogP contribution < -0.4 is 4.90 Å². The number of hydrogen-bond acceptors (Lipinski definition) is 3. The molecule has 0 fully saturated rings. The van der Waals surface area contributed by atoms with E-state index in [4.69, 9.17) is 0 Å². The Labute approximate surface area is 188 Å². The monoisotopic (exact) mass is 426 g/mol. The number of nitrogens with zero attached hydrogens (tertiary/aromatic N) is 2. The Morgan fingerprint density at radius 2 is 1.56 bits per heavy atom. The van der Waals surface area contributed by atoms with Gasteiger partial charge in [-0.25, -0.2) is 0 Å². The van der Waals surface area contributed by atoms with Gasteiger partial charge < -0.3 is 4.90 Å². The second kappa shape index (κ2) is 8.08. The number of para-hydroxylation sites is 1. The summed E-state index contributed by atoms with van der Waals surface area (Å²) < 4.78 is 0. The molecule has 0 saturated heterocycles. The standard InChI is InChI=1S/C27H26N2O3/c1-26(2)19-27(3,21-14-16-22(17-15-21)29(31)32)23-11-7-8-12-24(23)28(26)25(30)18-13-20-9-5-4-6-10-20/h4-18H,19H2,1-3H3. The van der Waals surface area contributed by atoms with Crippen molar-refractivity contribution < 1.29 is 9.72 Å². The van der Waals surface area contributed by atoms with E-state index in [0.717, 1.165) is 22.4 Å². The van der Waals surface area contributed by atoms with Crippen LogP contribution in [0.2, 0.25) is 0 Å². The first kappa shape index (κ1) is 21.5. The van der Waals surface area contributed by atoms with Gasteiger partial charge in [-0.3, -0.25) is 14.9 Å². The maximum absolute atomic E-state index is 13.4. The van der Waals surface area contributed by atoms with E-state index in [1.165, 1.54) is 0 Å². The van der Waals surface area contributed by atoms with Crippen LogP contribution in [0.25, 0.3) is 6.08 Å².